The van der Waals surface area contributed by atoms with Crippen LogP contribution in [0.1, 0.15) is 45.8 Å². The van der Waals surface area contributed by atoms with Gasteiger partial charge in [0, 0.05) is 40.8 Å². The van der Waals surface area contributed by atoms with Gasteiger partial charge in [-0.05, 0) is 36.8 Å². The fraction of sp³-hybridized carbons (Fsp3) is 0.179. The van der Waals surface area contributed by atoms with Crippen LogP contribution in [-0.2, 0) is 17.6 Å². The van der Waals surface area contributed by atoms with E-state index in [1.54, 1.807) is 12.1 Å². The fourth-order valence-corrected chi connectivity index (χ4v) is 4.60. The minimum atomic E-state index is -0.486. The van der Waals surface area contributed by atoms with Gasteiger partial charge in [0.05, 0.1) is 17.1 Å². The van der Waals surface area contributed by atoms with Crippen LogP contribution in [0.25, 0.3) is 10.8 Å². The lowest BCUT2D eigenvalue weighted by molar-refractivity contribution is -0.384. The predicted octanol–water partition coefficient (Wildman–Crippen LogP) is 5.30. The van der Waals surface area contributed by atoms with E-state index in [9.17, 15) is 19.7 Å². The van der Waals surface area contributed by atoms with Crippen LogP contribution < -0.4 is 10.7 Å². The van der Waals surface area contributed by atoms with Gasteiger partial charge in [0.2, 0.25) is 5.91 Å². The van der Waals surface area contributed by atoms with Crippen LogP contribution >= 0.6 is 0 Å². The number of benzene rings is 3. The third-order valence-corrected chi connectivity index (χ3v) is 6.40. The highest BCUT2D eigenvalue weighted by atomic mass is 16.6. The second-order valence-corrected chi connectivity index (χ2v) is 8.88. The average molecular weight is 497 g/mol. The fourth-order valence-electron chi connectivity index (χ4n) is 4.60. The van der Waals surface area contributed by atoms with Gasteiger partial charge in [-0.1, -0.05) is 48.5 Å². The molecular formula is C28H24N4O5. The number of fused-ring (bicyclic) bond motifs is 2. The van der Waals surface area contributed by atoms with Crippen LogP contribution in [-0.4, -0.2) is 22.4 Å². The maximum absolute atomic E-state index is 13.2. The van der Waals surface area contributed by atoms with Crippen LogP contribution in [0.15, 0.2) is 76.2 Å². The van der Waals surface area contributed by atoms with Crippen molar-refractivity contribution in [3.8, 4) is 0 Å². The highest BCUT2D eigenvalue weighted by Gasteiger charge is 2.28. The molecule has 4 aromatic rings. The molecular weight excluding hydrogens is 472 g/mol. The van der Waals surface area contributed by atoms with Crippen molar-refractivity contribution < 1.29 is 18.9 Å². The molecule has 2 amide bonds. The molecule has 0 radical (unpaired) electrons. The van der Waals surface area contributed by atoms with E-state index in [4.69, 9.17) is 4.42 Å². The quantitative estimate of drug-likeness (QED) is 0.277. The standard InChI is InChI=1S/C28H24N4O5/c1-17-26-23(30-31-25(33)16-18-12-14-20(15-13-18)32(35)36)10-5-11-24(26)37-27(17)28(34)29-22-9-4-7-19-6-2-3-8-21(19)22/h2-4,6-9,12-15H,5,10-11,16H2,1H3,(H,29,34)(H,31,33)/b30-23+. The molecule has 2 N–H and O–H groups in total. The molecule has 1 aromatic heterocycles. The molecule has 5 rings (SSSR count). The summed E-state index contributed by atoms with van der Waals surface area (Å²) in [5, 5.41) is 20.1. The predicted molar refractivity (Wildman–Crippen MR) is 140 cm³/mol. The van der Waals surface area contributed by atoms with Gasteiger partial charge in [0.1, 0.15) is 5.76 Å². The molecule has 0 saturated heterocycles. The van der Waals surface area contributed by atoms with Gasteiger partial charge in [-0.15, -0.1) is 0 Å². The molecule has 0 fully saturated rings. The number of aryl methyl sites for hydroxylation is 1. The Morgan fingerprint density at radius 2 is 1.78 bits per heavy atom. The first-order chi connectivity index (χ1) is 17.9. The van der Waals surface area contributed by atoms with E-state index < -0.39 is 4.92 Å². The maximum Gasteiger partial charge on any atom is 0.291 e. The van der Waals surface area contributed by atoms with E-state index in [1.165, 1.54) is 12.1 Å². The summed E-state index contributed by atoms with van der Waals surface area (Å²) < 4.78 is 5.99. The number of carbonyl (C=O) groups is 2. The molecule has 0 aliphatic heterocycles. The Morgan fingerprint density at radius 3 is 2.57 bits per heavy atom. The Kier molecular flexibility index (Phi) is 6.51. The highest BCUT2D eigenvalue weighted by molar-refractivity contribution is 6.11. The first-order valence-corrected chi connectivity index (χ1v) is 11.9. The number of rotatable bonds is 6. The van der Waals surface area contributed by atoms with Gasteiger partial charge in [-0.25, -0.2) is 5.43 Å². The molecule has 37 heavy (non-hydrogen) atoms. The molecule has 0 saturated carbocycles. The van der Waals surface area contributed by atoms with Gasteiger partial charge >= 0.3 is 0 Å². The number of nitrogens with one attached hydrogen (secondary N) is 2. The summed E-state index contributed by atoms with van der Waals surface area (Å²) in [6, 6.07) is 19.4. The van der Waals surface area contributed by atoms with E-state index in [2.05, 4.69) is 15.8 Å². The summed E-state index contributed by atoms with van der Waals surface area (Å²) in [6.07, 6.45) is 2.12. The van der Waals surface area contributed by atoms with Crippen LogP contribution in [0.3, 0.4) is 0 Å². The number of hydrogen-bond donors (Lipinski definition) is 2. The number of anilines is 1. The van der Waals surface area contributed by atoms with Crippen molar-refractivity contribution in [1.29, 1.82) is 0 Å². The van der Waals surface area contributed by atoms with Crippen molar-refractivity contribution in [2.24, 2.45) is 5.10 Å². The molecule has 0 unspecified atom stereocenters. The van der Waals surface area contributed by atoms with Gasteiger partial charge in [0.15, 0.2) is 5.76 Å². The summed E-state index contributed by atoms with van der Waals surface area (Å²) in [6.45, 7) is 1.82. The molecule has 0 atom stereocenters. The molecule has 0 spiro atoms. The zero-order valence-corrected chi connectivity index (χ0v) is 20.1. The molecule has 3 aromatic carbocycles. The monoisotopic (exact) mass is 496 g/mol. The van der Waals surface area contributed by atoms with Crippen LogP contribution in [0, 0.1) is 17.0 Å². The lowest BCUT2D eigenvalue weighted by Crippen LogP contribution is -2.23. The Bertz CT molecular complexity index is 1550. The maximum atomic E-state index is 13.2. The van der Waals surface area contributed by atoms with Crippen molar-refractivity contribution in [2.75, 3.05) is 5.32 Å². The second-order valence-electron chi connectivity index (χ2n) is 8.88. The van der Waals surface area contributed by atoms with E-state index in [0.29, 0.717) is 41.1 Å². The smallest absolute Gasteiger partial charge is 0.291 e. The van der Waals surface area contributed by atoms with E-state index >= 15 is 0 Å². The number of carbonyl (C=O) groups excluding carboxylic acids is 2. The van der Waals surface area contributed by atoms with Crippen molar-refractivity contribution in [1.82, 2.24) is 5.43 Å². The lowest BCUT2D eigenvalue weighted by Gasteiger charge is -2.13. The van der Waals surface area contributed by atoms with Gasteiger partial charge in [0.25, 0.3) is 11.6 Å². The Labute approximate surface area is 212 Å². The number of furan rings is 1. The molecule has 186 valence electrons. The number of hydrogen-bond acceptors (Lipinski definition) is 6. The second kappa shape index (κ2) is 10.1. The number of hydrazone groups is 1. The third-order valence-electron chi connectivity index (χ3n) is 6.40. The molecule has 9 heteroatoms. The Hall–Kier alpha value is -4.79. The molecule has 1 heterocycles. The van der Waals surface area contributed by atoms with E-state index in [1.807, 2.05) is 49.4 Å². The SMILES string of the molecule is Cc1c(C(=O)Nc2cccc3ccccc23)oc2c1/C(=N/NC(=O)Cc1ccc([N+](=O)[O-])cc1)CCC2. The van der Waals surface area contributed by atoms with Gasteiger partial charge in [-0.3, -0.25) is 19.7 Å². The lowest BCUT2D eigenvalue weighted by atomic mass is 9.93. The minimum absolute atomic E-state index is 0.0324. The van der Waals surface area contributed by atoms with Crippen LogP contribution in [0.2, 0.25) is 0 Å². The molecule has 0 bridgehead atoms. The summed E-state index contributed by atoms with van der Waals surface area (Å²) in [4.78, 5) is 36.0. The number of nitro benzene ring substituents is 1. The summed E-state index contributed by atoms with van der Waals surface area (Å²) >= 11 is 0. The number of nitrogens with zero attached hydrogens (tertiary/aromatic N) is 2. The van der Waals surface area contributed by atoms with Crippen molar-refractivity contribution in [3.05, 3.63) is 105 Å². The Balaban J connectivity index is 1.33. The van der Waals surface area contributed by atoms with E-state index in [-0.39, 0.29) is 29.7 Å². The molecule has 1 aliphatic rings. The van der Waals surface area contributed by atoms with Crippen LogP contribution in [0.5, 0.6) is 0 Å². The van der Waals surface area contributed by atoms with Crippen molar-refractivity contribution >= 4 is 39.7 Å². The first kappa shape index (κ1) is 23.9. The van der Waals surface area contributed by atoms with Gasteiger partial charge < -0.3 is 9.73 Å². The minimum Gasteiger partial charge on any atom is -0.455 e. The van der Waals surface area contributed by atoms with Crippen LogP contribution in [0.4, 0.5) is 11.4 Å². The topological polar surface area (TPSA) is 127 Å². The number of non-ortho nitro benzene ring substituents is 1. The summed E-state index contributed by atoms with van der Waals surface area (Å²) in [5.74, 6) is 0.216. The first-order valence-electron chi connectivity index (χ1n) is 11.9. The summed E-state index contributed by atoms with van der Waals surface area (Å²) in [5.41, 5.74) is 5.97. The third kappa shape index (κ3) is 4.97. The molecule has 1 aliphatic carbocycles. The number of amides is 2. The van der Waals surface area contributed by atoms with Gasteiger partial charge in [-0.2, -0.15) is 5.10 Å². The van der Waals surface area contributed by atoms with Crippen molar-refractivity contribution in [3.63, 3.8) is 0 Å². The Morgan fingerprint density at radius 1 is 1.03 bits per heavy atom. The van der Waals surface area contributed by atoms with Crippen molar-refractivity contribution in [2.45, 2.75) is 32.6 Å². The highest BCUT2D eigenvalue weighted by Crippen LogP contribution is 2.31. The summed E-state index contributed by atoms with van der Waals surface area (Å²) in [7, 11) is 0. The van der Waals surface area contributed by atoms with E-state index in [0.717, 1.165) is 22.8 Å². The average Bonchev–Trinajstić information content (AvgIpc) is 3.25. The molecule has 9 nitrogen and oxygen atoms in total. The number of nitro groups is 1. The zero-order chi connectivity index (χ0) is 25.9. The zero-order valence-electron chi connectivity index (χ0n) is 20.1. The normalized spacial score (nSPS) is 13.8. The largest absolute Gasteiger partial charge is 0.455 e.